The highest BCUT2D eigenvalue weighted by molar-refractivity contribution is 5.50. The molecular formula is C14H18F4N2. The highest BCUT2D eigenvalue weighted by Crippen LogP contribution is 2.33. The van der Waals surface area contributed by atoms with Crippen molar-refractivity contribution in [1.82, 2.24) is 0 Å². The van der Waals surface area contributed by atoms with E-state index in [1.54, 1.807) is 4.90 Å². The van der Waals surface area contributed by atoms with Crippen LogP contribution in [0.25, 0.3) is 0 Å². The molecule has 0 saturated carbocycles. The first kappa shape index (κ1) is 15.1. The van der Waals surface area contributed by atoms with Crippen molar-refractivity contribution in [2.45, 2.75) is 32.0 Å². The lowest BCUT2D eigenvalue weighted by molar-refractivity contribution is -0.137. The van der Waals surface area contributed by atoms with Gasteiger partial charge in [0.1, 0.15) is 5.82 Å². The van der Waals surface area contributed by atoms with Crippen LogP contribution < -0.4 is 10.6 Å². The number of hydrogen-bond donors (Lipinski definition) is 1. The number of rotatable bonds is 2. The molecule has 0 aromatic heterocycles. The van der Waals surface area contributed by atoms with E-state index in [-0.39, 0.29) is 11.7 Å². The highest BCUT2D eigenvalue weighted by Gasteiger charge is 2.32. The van der Waals surface area contributed by atoms with Crippen molar-refractivity contribution in [3.63, 3.8) is 0 Å². The van der Waals surface area contributed by atoms with Crippen molar-refractivity contribution < 1.29 is 17.6 Å². The molecule has 0 radical (unpaired) electrons. The van der Waals surface area contributed by atoms with E-state index >= 15 is 0 Å². The van der Waals surface area contributed by atoms with Crippen molar-refractivity contribution in [1.29, 1.82) is 0 Å². The van der Waals surface area contributed by atoms with Crippen molar-refractivity contribution in [3.05, 3.63) is 29.6 Å². The molecule has 1 atom stereocenters. The zero-order valence-electron chi connectivity index (χ0n) is 11.3. The average molecular weight is 290 g/mol. The van der Waals surface area contributed by atoms with Crippen molar-refractivity contribution in [2.75, 3.05) is 18.0 Å². The maximum Gasteiger partial charge on any atom is 0.416 e. The van der Waals surface area contributed by atoms with Gasteiger partial charge in [-0.15, -0.1) is 0 Å². The van der Waals surface area contributed by atoms with Crippen molar-refractivity contribution in [3.8, 4) is 0 Å². The Morgan fingerprint density at radius 3 is 2.30 bits per heavy atom. The van der Waals surface area contributed by atoms with Crippen LogP contribution in [0.2, 0.25) is 0 Å². The van der Waals surface area contributed by atoms with Gasteiger partial charge in [0, 0.05) is 19.1 Å². The molecule has 1 saturated heterocycles. The quantitative estimate of drug-likeness (QED) is 0.846. The average Bonchev–Trinajstić information content (AvgIpc) is 2.37. The second kappa shape index (κ2) is 5.60. The van der Waals surface area contributed by atoms with E-state index in [0.717, 1.165) is 18.9 Å². The normalized spacial score (nSPS) is 19.2. The molecule has 112 valence electrons. The number of anilines is 1. The van der Waals surface area contributed by atoms with E-state index in [1.165, 1.54) is 6.07 Å². The lowest BCUT2D eigenvalue weighted by atomic mass is 9.90. The smallest absolute Gasteiger partial charge is 0.369 e. The molecule has 1 aromatic rings. The lowest BCUT2D eigenvalue weighted by Gasteiger charge is -2.35. The maximum atomic E-state index is 13.9. The molecule has 2 nitrogen and oxygen atoms in total. The van der Waals surface area contributed by atoms with E-state index in [1.807, 2.05) is 6.92 Å². The Labute approximate surface area is 115 Å². The third-order valence-electron chi connectivity index (χ3n) is 3.90. The standard InChI is InChI=1S/C14H18F4N2/c1-9(19)10-4-6-20(7-5-10)13-3-2-11(8-12(13)15)14(16,17)18/h2-3,8-10H,4-7,19H2,1H3. The molecule has 0 bridgehead atoms. The monoisotopic (exact) mass is 290 g/mol. The largest absolute Gasteiger partial charge is 0.416 e. The molecule has 1 heterocycles. The Morgan fingerprint density at radius 2 is 1.85 bits per heavy atom. The van der Waals surface area contributed by atoms with E-state index in [9.17, 15) is 17.6 Å². The van der Waals surface area contributed by atoms with Gasteiger partial charge in [-0.3, -0.25) is 0 Å². The molecule has 0 amide bonds. The fraction of sp³-hybridized carbons (Fsp3) is 0.571. The topological polar surface area (TPSA) is 29.3 Å². The molecule has 6 heteroatoms. The summed E-state index contributed by atoms with van der Waals surface area (Å²) in [5.41, 5.74) is 5.11. The third-order valence-corrected chi connectivity index (χ3v) is 3.90. The molecule has 1 aliphatic heterocycles. The summed E-state index contributed by atoms with van der Waals surface area (Å²) < 4.78 is 51.3. The Hall–Kier alpha value is -1.30. The van der Waals surface area contributed by atoms with Crippen molar-refractivity contribution in [2.24, 2.45) is 11.7 Å². The summed E-state index contributed by atoms with van der Waals surface area (Å²) in [6.07, 6.45) is -2.85. The minimum atomic E-state index is -4.51. The van der Waals surface area contributed by atoms with E-state index in [0.29, 0.717) is 25.1 Å². The number of nitrogens with two attached hydrogens (primary N) is 1. The van der Waals surface area contributed by atoms with Gasteiger partial charge in [0.2, 0.25) is 0 Å². The van der Waals surface area contributed by atoms with Gasteiger partial charge in [0.25, 0.3) is 0 Å². The molecule has 1 fully saturated rings. The van der Waals surface area contributed by atoms with E-state index < -0.39 is 17.6 Å². The van der Waals surface area contributed by atoms with Crippen molar-refractivity contribution >= 4 is 5.69 Å². The van der Waals surface area contributed by atoms with E-state index in [2.05, 4.69) is 0 Å². The molecule has 2 N–H and O–H groups in total. The van der Waals surface area contributed by atoms with Crippen LogP contribution in [0.4, 0.5) is 23.2 Å². The first-order valence-corrected chi connectivity index (χ1v) is 6.66. The first-order chi connectivity index (χ1) is 9.29. The minimum Gasteiger partial charge on any atom is -0.369 e. The Kier molecular flexibility index (Phi) is 4.22. The van der Waals surface area contributed by atoms with Gasteiger partial charge >= 0.3 is 6.18 Å². The van der Waals surface area contributed by atoms with Gasteiger partial charge < -0.3 is 10.6 Å². The van der Waals surface area contributed by atoms with Gasteiger partial charge in [0.15, 0.2) is 0 Å². The second-order valence-electron chi connectivity index (χ2n) is 5.35. The van der Waals surface area contributed by atoms with Gasteiger partial charge in [-0.2, -0.15) is 13.2 Å². The summed E-state index contributed by atoms with van der Waals surface area (Å²) in [6.45, 7) is 3.18. The zero-order chi connectivity index (χ0) is 14.9. The highest BCUT2D eigenvalue weighted by atomic mass is 19.4. The predicted molar refractivity (Wildman–Crippen MR) is 70.0 cm³/mol. The molecule has 0 spiro atoms. The first-order valence-electron chi connectivity index (χ1n) is 6.66. The number of alkyl halides is 3. The number of piperidine rings is 1. The summed E-state index contributed by atoms with van der Waals surface area (Å²) >= 11 is 0. The van der Waals surface area contributed by atoms with Crippen LogP contribution in [0.3, 0.4) is 0 Å². The third kappa shape index (κ3) is 3.23. The molecule has 20 heavy (non-hydrogen) atoms. The van der Waals surface area contributed by atoms with Gasteiger partial charge in [-0.1, -0.05) is 0 Å². The van der Waals surface area contributed by atoms with Crippen LogP contribution >= 0.6 is 0 Å². The van der Waals surface area contributed by atoms with Gasteiger partial charge in [-0.05, 0) is 43.9 Å². The van der Waals surface area contributed by atoms with Crippen LogP contribution in [-0.2, 0) is 6.18 Å². The SMILES string of the molecule is CC(N)C1CCN(c2ccc(C(F)(F)F)cc2F)CC1. The number of halogens is 4. The summed E-state index contributed by atoms with van der Waals surface area (Å²) in [6, 6.07) is 2.79. The van der Waals surface area contributed by atoms with Gasteiger partial charge in [0.05, 0.1) is 11.3 Å². The number of hydrogen-bond acceptors (Lipinski definition) is 2. The van der Waals surface area contributed by atoms with E-state index in [4.69, 9.17) is 5.73 Å². The molecule has 1 aliphatic rings. The summed E-state index contributed by atoms with van der Waals surface area (Å²) in [5.74, 6) is -0.428. The zero-order valence-corrected chi connectivity index (χ0v) is 11.3. The van der Waals surface area contributed by atoms with Crippen LogP contribution in [-0.4, -0.2) is 19.1 Å². The molecule has 1 unspecified atom stereocenters. The number of benzene rings is 1. The van der Waals surface area contributed by atoms with Crippen LogP contribution in [0, 0.1) is 11.7 Å². The number of nitrogens with zero attached hydrogens (tertiary/aromatic N) is 1. The Morgan fingerprint density at radius 1 is 1.25 bits per heavy atom. The summed E-state index contributed by atoms with van der Waals surface area (Å²) in [5, 5.41) is 0. The van der Waals surface area contributed by atoms with Crippen LogP contribution in [0.5, 0.6) is 0 Å². The predicted octanol–water partition coefficient (Wildman–Crippen LogP) is 3.41. The van der Waals surface area contributed by atoms with Crippen LogP contribution in [0.1, 0.15) is 25.3 Å². The Bertz CT molecular complexity index is 463. The second-order valence-corrected chi connectivity index (χ2v) is 5.35. The maximum absolute atomic E-state index is 13.9. The molecule has 1 aromatic carbocycles. The molecule has 0 aliphatic carbocycles. The fourth-order valence-electron chi connectivity index (χ4n) is 2.61. The summed E-state index contributed by atoms with van der Waals surface area (Å²) in [7, 11) is 0. The minimum absolute atomic E-state index is 0.0922. The summed E-state index contributed by atoms with van der Waals surface area (Å²) in [4.78, 5) is 1.79. The lowest BCUT2D eigenvalue weighted by Crippen LogP contribution is -2.40. The Balaban J connectivity index is 2.11. The molecular weight excluding hydrogens is 272 g/mol. The van der Waals surface area contributed by atoms with Crippen LogP contribution in [0.15, 0.2) is 18.2 Å². The van der Waals surface area contributed by atoms with Gasteiger partial charge in [-0.25, -0.2) is 4.39 Å². The molecule has 2 rings (SSSR count). The fourth-order valence-corrected chi connectivity index (χ4v) is 2.61.